The number of aromatic nitrogens is 1. The Morgan fingerprint density at radius 3 is 2.64 bits per heavy atom. The third-order valence-corrected chi connectivity index (χ3v) is 5.90. The van der Waals surface area contributed by atoms with Gasteiger partial charge in [0.15, 0.2) is 17.5 Å². The first-order valence-corrected chi connectivity index (χ1v) is 11.8. The van der Waals surface area contributed by atoms with Gasteiger partial charge in [0, 0.05) is 24.9 Å². The van der Waals surface area contributed by atoms with Crippen LogP contribution in [0.5, 0.6) is 11.5 Å². The van der Waals surface area contributed by atoms with E-state index in [9.17, 15) is 32.7 Å². The van der Waals surface area contributed by atoms with Crippen LogP contribution in [0.25, 0.3) is 0 Å². The molecule has 13 heteroatoms. The molecule has 10 nitrogen and oxygen atoms in total. The lowest BCUT2D eigenvalue weighted by atomic mass is 10.1. The van der Waals surface area contributed by atoms with Crippen molar-refractivity contribution in [3.05, 3.63) is 87.1 Å². The van der Waals surface area contributed by atoms with Crippen molar-refractivity contribution in [1.82, 2.24) is 20.1 Å². The quantitative estimate of drug-likeness (QED) is 0.190. The van der Waals surface area contributed by atoms with Gasteiger partial charge in [0.1, 0.15) is 17.2 Å². The second kappa shape index (κ2) is 11.7. The number of H-pyrrole nitrogens is 1. The zero-order valence-electron chi connectivity index (χ0n) is 20.7. The maximum Gasteiger partial charge on any atom is 0.324 e. The van der Waals surface area contributed by atoms with Gasteiger partial charge in [0.25, 0.3) is 5.56 Å². The molecule has 1 aliphatic rings. The van der Waals surface area contributed by atoms with Crippen molar-refractivity contribution in [2.24, 2.45) is 4.99 Å². The van der Waals surface area contributed by atoms with E-state index in [1.54, 1.807) is 6.07 Å². The van der Waals surface area contributed by atoms with E-state index in [1.165, 1.54) is 31.4 Å². The van der Waals surface area contributed by atoms with Gasteiger partial charge < -0.3 is 19.7 Å². The number of hydrogen-bond donors (Lipinski definition) is 3. The molecule has 204 valence electrons. The van der Waals surface area contributed by atoms with Crippen LogP contribution in [0.3, 0.4) is 0 Å². The number of urea groups is 1. The van der Waals surface area contributed by atoms with E-state index in [1.807, 2.05) is 0 Å². The number of fused-ring (bicyclic) bond motifs is 1. The van der Waals surface area contributed by atoms with Crippen molar-refractivity contribution < 1.29 is 32.6 Å². The van der Waals surface area contributed by atoms with Crippen molar-refractivity contribution >= 4 is 24.1 Å². The first kappa shape index (κ1) is 27.2. The molecule has 0 saturated carbocycles. The Labute approximate surface area is 220 Å². The number of nitrogens with one attached hydrogen (secondary N) is 2. The molecule has 1 aromatic heterocycles. The van der Waals surface area contributed by atoms with E-state index < -0.39 is 41.5 Å². The number of halogens is 3. The number of nitrogens with zero attached hydrogens (tertiary/aromatic N) is 3. The minimum atomic E-state index is -1.67. The number of pyridine rings is 1. The number of ether oxygens (including phenoxy) is 1. The molecule has 0 atom stereocenters. The highest BCUT2D eigenvalue weighted by Crippen LogP contribution is 2.36. The number of hydrogen-bond acceptors (Lipinski definition) is 6. The molecule has 39 heavy (non-hydrogen) atoms. The lowest BCUT2D eigenvalue weighted by Crippen LogP contribution is -2.47. The third kappa shape index (κ3) is 6.37. The van der Waals surface area contributed by atoms with E-state index in [2.05, 4.69) is 15.3 Å². The van der Waals surface area contributed by atoms with Gasteiger partial charge in [-0.05, 0) is 48.2 Å². The molecule has 0 fully saturated rings. The van der Waals surface area contributed by atoms with E-state index >= 15 is 0 Å². The third-order valence-electron chi connectivity index (χ3n) is 5.90. The Morgan fingerprint density at radius 2 is 1.95 bits per heavy atom. The first-order chi connectivity index (χ1) is 18.7. The highest BCUT2D eigenvalue weighted by atomic mass is 19.2. The Kier molecular flexibility index (Phi) is 8.18. The minimum absolute atomic E-state index is 0.0139. The molecule has 0 aliphatic carbocycles. The van der Waals surface area contributed by atoms with Crippen molar-refractivity contribution in [3.63, 3.8) is 0 Å². The van der Waals surface area contributed by atoms with Gasteiger partial charge in [0.2, 0.25) is 12.4 Å². The van der Waals surface area contributed by atoms with Crippen LogP contribution >= 0.6 is 0 Å². The van der Waals surface area contributed by atoms with E-state index in [-0.39, 0.29) is 35.5 Å². The summed E-state index contributed by atoms with van der Waals surface area (Å²) >= 11 is 0. The Hall–Kier alpha value is -4.81. The number of carbonyl (C=O) groups excluding carboxylic acids is 2. The minimum Gasteiger partial charge on any atom is -0.506 e. The average molecular weight is 544 g/mol. The van der Waals surface area contributed by atoms with Gasteiger partial charge >= 0.3 is 6.03 Å². The van der Waals surface area contributed by atoms with E-state index in [4.69, 9.17) is 4.74 Å². The molecule has 3 N–H and O–H groups in total. The molecule has 0 spiro atoms. The Bertz CT molecular complexity index is 1470. The largest absolute Gasteiger partial charge is 0.506 e. The van der Waals surface area contributed by atoms with Gasteiger partial charge in [-0.3, -0.25) is 19.8 Å². The molecule has 3 aromatic rings. The second-order valence-electron chi connectivity index (χ2n) is 8.75. The predicted octanol–water partition coefficient (Wildman–Crippen LogP) is 3.31. The number of rotatable bonds is 6. The van der Waals surface area contributed by atoms with Crippen LogP contribution in [0, 0.1) is 17.5 Å². The van der Waals surface area contributed by atoms with Gasteiger partial charge in [0.05, 0.1) is 19.7 Å². The van der Waals surface area contributed by atoms with Crippen LogP contribution < -0.4 is 15.6 Å². The zero-order valence-corrected chi connectivity index (χ0v) is 20.7. The van der Waals surface area contributed by atoms with E-state index in [0.717, 1.165) is 21.8 Å². The zero-order chi connectivity index (χ0) is 28.1. The summed E-state index contributed by atoms with van der Waals surface area (Å²) in [5.74, 6) is -4.83. The summed E-state index contributed by atoms with van der Waals surface area (Å²) in [6.07, 6.45) is 3.06. The summed E-state index contributed by atoms with van der Waals surface area (Å²) in [6, 6.07) is 6.62. The second-order valence-corrected chi connectivity index (χ2v) is 8.75. The van der Waals surface area contributed by atoms with Crippen LogP contribution in [0.2, 0.25) is 0 Å². The average Bonchev–Trinajstić information content (AvgIpc) is 2.91. The lowest BCUT2D eigenvalue weighted by Gasteiger charge is -2.24. The van der Waals surface area contributed by atoms with Gasteiger partial charge in [-0.25, -0.2) is 23.0 Å². The Balaban J connectivity index is 1.68. The van der Waals surface area contributed by atoms with Crippen molar-refractivity contribution in [1.29, 1.82) is 0 Å². The monoisotopic (exact) mass is 543 g/mol. The van der Waals surface area contributed by atoms with Crippen molar-refractivity contribution in [2.75, 3.05) is 13.7 Å². The summed E-state index contributed by atoms with van der Waals surface area (Å²) < 4.78 is 46.6. The molecular weight excluding hydrogens is 519 g/mol. The molecule has 3 amide bonds. The lowest BCUT2D eigenvalue weighted by molar-refractivity contribution is -0.115. The summed E-state index contributed by atoms with van der Waals surface area (Å²) in [5, 5.41) is 13.0. The highest BCUT2D eigenvalue weighted by Gasteiger charge is 2.22. The molecule has 0 bridgehead atoms. The maximum atomic E-state index is 13.8. The summed E-state index contributed by atoms with van der Waals surface area (Å²) in [7, 11) is 1.39. The number of aliphatic imine (C=N–C) groups is 1. The molecule has 2 heterocycles. The van der Waals surface area contributed by atoms with Crippen LogP contribution in [-0.4, -0.2) is 51.9 Å². The van der Waals surface area contributed by atoms with Crippen molar-refractivity contribution in [3.8, 4) is 11.5 Å². The molecule has 0 radical (unpaired) electrons. The summed E-state index contributed by atoms with van der Waals surface area (Å²) in [4.78, 5) is 45.8. The van der Waals surface area contributed by atoms with Gasteiger partial charge in [-0.15, -0.1) is 0 Å². The molecule has 2 aromatic carbocycles. The number of aromatic amines is 1. The predicted molar refractivity (Wildman–Crippen MR) is 134 cm³/mol. The van der Waals surface area contributed by atoms with Gasteiger partial charge in [-0.2, -0.15) is 0 Å². The number of aromatic hydroxyl groups is 1. The fraction of sp³-hybridized carbons (Fsp3) is 0.231. The number of benzene rings is 2. The fourth-order valence-corrected chi connectivity index (χ4v) is 3.90. The number of guanidine groups is 1. The SMILES string of the molecule is CN(Cc1ccc[nH]c1=O)C(=O)NC(=Nc1cc2c(cc1O)OCCC2)N(C=O)Cc1cc(F)c(F)c(F)c1. The molecule has 0 unspecified atom stereocenters. The number of phenolic OH excluding ortho intramolecular Hbond substituents is 1. The number of aryl methyl sites for hydroxylation is 1. The topological polar surface area (TPSA) is 127 Å². The molecule has 1 aliphatic heterocycles. The normalized spacial score (nSPS) is 12.8. The van der Waals surface area contributed by atoms with Crippen LogP contribution in [0.1, 0.15) is 23.1 Å². The van der Waals surface area contributed by atoms with Crippen LogP contribution in [0.15, 0.2) is 52.4 Å². The Morgan fingerprint density at radius 1 is 1.21 bits per heavy atom. The molecule has 0 saturated heterocycles. The first-order valence-electron chi connectivity index (χ1n) is 11.8. The standard InChI is InChI=1S/C26H24F3N5O5/c1-33(13-17-4-2-6-30-24(17)37)26(38)32-25(31-20-10-16-5-3-7-39-22(16)11-21(20)36)34(14-35)12-15-8-18(27)23(29)19(28)9-15/h2,4,6,8-11,14,36H,3,5,7,12-13H2,1H3,(H,30,37)(H,31,32,38). The molecule has 4 rings (SSSR count). The molecular formula is C26H24F3N5O5. The number of phenols is 1. The highest BCUT2D eigenvalue weighted by molar-refractivity contribution is 6.01. The fourth-order valence-electron chi connectivity index (χ4n) is 3.90. The number of carbonyl (C=O) groups is 2. The maximum absolute atomic E-state index is 13.8. The van der Waals surface area contributed by atoms with Gasteiger partial charge in [-0.1, -0.05) is 6.07 Å². The number of amides is 3. The van der Waals surface area contributed by atoms with Crippen LogP contribution in [-0.2, 0) is 24.3 Å². The smallest absolute Gasteiger partial charge is 0.324 e. The summed E-state index contributed by atoms with van der Waals surface area (Å²) in [6.45, 7) is -0.129. The van der Waals surface area contributed by atoms with E-state index in [0.29, 0.717) is 30.9 Å². The van der Waals surface area contributed by atoms with Crippen LogP contribution in [0.4, 0.5) is 23.7 Å². The summed E-state index contributed by atoms with van der Waals surface area (Å²) in [5.41, 5.74) is 0.476. The van der Waals surface area contributed by atoms with Crippen molar-refractivity contribution in [2.45, 2.75) is 25.9 Å².